The molecule has 0 bridgehead atoms. The highest BCUT2D eigenvalue weighted by Gasteiger charge is 2.47. The van der Waals surface area contributed by atoms with Crippen LogP contribution in [0.3, 0.4) is 0 Å². The molecule has 2 heterocycles. The lowest BCUT2D eigenvalue weighted by Crippen LogP contribution is -2.64. The second-order valence-corrected chi connectivity index (χ2v) is 7.01. The highest BCUT2D eigenvalue weighted by Crippen LogP contribution is 2.39. The Bertz CT molecular complexity index is 688. The maximum Gasteiger partial charge on any atom is 0.258 e. The maximum absolute atomic E-state index is 13.0. The Morgan fingerprint density at radius 2 is 2.00 bits per heavy atom. The van der Waals surface area contributed by atoms with Crippen molar-refractivity contribution in [1.29, 1.82) is 0 Å². The number of nitrogens with zero attached hydrogens (tertiary/aromatic N) is 2. The van der Waals surface area contributed by atoms with Crippen LogP contribution in [0.25, 0.3) is 0 Å². The minimum atomic E-state index is -0.417. The summed E-state index contributed by atoms with van der Waals surface area (Å²) >= 11 is 0. The number of piperidine rings is 1. The fourth-order valence-electron chi connectivity index (χ4n) is 3.90. The van der Waals surface area contributed by atoms with Crippen molar-refractivity contribution in [2.45, 2.75) is 31.3 Å². The Balaban J connectivity index is 1.60. The van der Waals surface area contributed by atoms with Crippen LogP contribution in [0.5, 0.6) is 0 Å². The first kappa shape index (κ1) is 15.2. The number of carbonyl (C=O) groups is 2. The molecule has 1 N–H and O–H groups in total. The lowest BCUT2D eigenvalue weighted by atomic mass is 9.89. The van der Waals surface area contributed by atoms with E-state index in [1.165, 1.54) is 0 Å². The van der Waals surface area contributed by atoms with E-state index in [0.29, 0.717) is 31.1 Å². The van der Waals surface area contributed by atoms with Crippen LogP contribution < -0.4 is 5.32 Å². The van der Waals surface area contributed by atoms with Crippen LogP contribution >= 0.6 is 0 Å². The van der Waals surface area contributed by atoms with Crippen molar-refractivity contribution >= 4 is 17.5 Å². The van der Waals surface area contributed by atoms with E-state index in [-0.39, 0.29) is 11.8 Å². The monoisotopic (exact) mass is 325 g/mol. The van der Waals surface area contributed by atoms with E-state index in [1.54, 1.807) is 6.08 Å². The number of rotatable bonds is 3. The zero-order chi connectivity index (χ0) is 16.7. The smallest absolute Gasteiger partial charge is 0.258 e. The summed E-state index contributed by atoms with van der Waals surface area (Å²) in [5.41, 5.74) is 1.19. The molecule has 1 aromatic rings. The first-order chi connectivity index (χ1) is 11.6. The fraction of sp³-hybridized carbons (Fsp3) is 0.474. The number of anilines is 1. The van der Waals surface area contributed by atoms with Gasteiger partial charge in [0, 0.05) is 44.1 Å². The van der Waals surface area contributed by atoms with Gasteiger partial charge < -0.3 is 15.1 Å². The Morgan fingerprint density at radius 3 is 2.67 bits per heavy atom. The van der Waals surface area contributed by atoms with Crippen molar-refractivity contribution in [2.24, 2.45) is 5.92 Å². The highest BCUT2D eigenvalue weighted by atomic mass is 16.2. The van der Waals surface area contributed by atoms with Gasteiger partial charge in [0.2, 0.25) is 5.91 Å². The normalized spacial score (nSPS) is 22.1. The molecule has 0 unspecified atom stereocenters. The molecule has 1 spiro atoms. The third kappa shape index (κ3) is 2.39. The zero-order valence-electron chi connectivity index (χ0n) is 13.8. The number of hydrogen-bond donors (Lipinski definition) is 1. The summed E-state index contributed by atoms with van der Waals surface area (Å²) in [5.74, 6) is 0.596. The summed E-state index contributed by atoms with van der Waals surface area (Å²) in [6.45, 7) is 5.72. The molecule has 126 valence electrons. The number of hydrogen-bond acceptors (Lipinski definition) is 3. The third-order valence-electron chi connectivity index (χ3n) is 5.43. The largest absolute Gasteiger partial charge is 0.362 e. The van der Waals surface area contributed by atoms with Gasteiger partial charge in [-0.05, 0) is 25.0 Å². The molecule has 0 atom stereocenters. The number of benzene rings is 1. The molecule has 2 aliphatic heterocycles. The summed E-state index contributed by atoms with van der Waals surface area (Å²) in [4.78, 5) is 29.1. The van der Waals surface area contributed by atoms with Crippen molar-refractivity contribution in [2.75, 3.05) is 25.0 Å². The molecule has 1 saturated carbocycles. The first-order valence-corrected chi connectivity index (χ1v) is 8.73. The first-order valence-electron chi connectivity index (χ1n) is 8.73. The lowest BCUT2D eigenvalue weighted by molar-refractivity contribution is -0.134. The van der Waals surface area contributed by atoms with Crippen molar-refractivity contribution in [3.05, 3.63) is 42.5 Å². The standard InChI is InChI=1S/C19H23N3O2/c1-2-11-22-18(24)15-5-3-4-6-16(15)20-19(22)9-12-21(13-10-19)17(23)14-7-8-14/h2-6,14,20H,1,7-13H2. The van der Waals surface area contributed by atoms with Crippen LogP contribution in [0.4, 0.5) is 5.69 Å². The Morgan fingerprint density at radius 1 is 1.29 bits per heavy atom. The van der Waals surface area contributed by atoms with Gasteiger partial charge in [-0.3, -0.25) is 9.59 Å². The van der Waals surface area contributed by atoms with Crippen LogP contribution in [-0.4, -0.2) is 46.9 Å². The fourth-order valence-corrected chi connectivity index (χ4v) is 3.90. The van der Waals surface area contributed by atoms with Crippen LogP contribution in [0, 0.1) is 5.92 Å². The Kier molecular flexibility index (Phi) is 3.59. The zero-order valence-corrected chi connectivity index (χ0v) is 13.8. The Hall–Kier alpha value is -2.30. The number of para-hydroxylation sites is 1. The predicted octanol–water partition coefficient (Wildman–Crippen LogP) is 2.47. The number of amides is 2. The molecule has 1 saturated heterocycles. The van der Waals surface area contributed by atoms with Crippen LogP contribution in [0.1, 0.15) is 36.0 Å². The number of fused-ring (bicyclic) bond motifs is 1. The van der Waals surface area contributed by atoms with Crippen LogP contribution in [0.2, 0.25) is 0 Å². The van der Waals surface area contributed by atoms with Crippen LogP contribution in [0.15, 0.2) is 36.9 Å². The van der Waals surface area contributed by atoms with E-state index in [2.05, 4.69) is 11.9 Å². The SMILES string of the molecule is C=CCN1C(=O)c2ccccc2NC12CCN(C(=O)C1CC1)CC2. The summed E-state index contributed by atoms with van der Waals surface area (Å²) in [7, 11) is 0. The van der Waals surface area contributed by atoms with Gasteiger partial charge in [0.15, 0.2) is 0 Å². The van der Waals surface area contributed by atoms with E-state index in [9.17, 15) is 9.59 Å². The molecule has 1 aliphatic carbocycles. The molecule has 2 fully saturated rings. The van der Waals surface area contributed by atoms with Crippen LogP contribution in [-0.2, 0) is 4.79 Å². The van der Waals surface area contributed by atoms with Gasteiger partial charge in [-0.2, -0.15) is 0 Å². The van der Waals surface area contributed by atoms with Gasteiger partial charge in [0.05, 0.1) is 5.56 Å². The van der Waals surface area contributed by atoms with Crippen molar-refractivity contribution in [3.63, 3.8) is 0 Å². The molecular weight excluding hydrogens is 302 g/mol. The van der Waals surface area contributed by atoms with Crippen molar-refractivity contribution in [3.8, 4) is 0 Å². The molecule has 1 aromatic carbocycles. The van der Waals surface area contributed by atoms with E-state index < -0.39 is 5.66 Å². The second kappa shape index (κ2) is 5.65. The second-order valence-electron chi connectivity index (χ2n) is 7.01. The van der Waals surface area contributed by atoms with Gasteiger partial charge in [-0.25, -0.2) is 0 Å². The predicted molar refractivity (Wildman–Crippen MR) is 92.6 cm³/mol. The Labute approximate surface area is 142 Å². The minimum Gasteiger partial charge on any atom is -0.362 e. The summed E-state index contributed by atoms with van der Waals surface area (Å²) in [6, 6.07) is 7.66. The van der Waals surface area contributed by atoms with Gasteiger partial charge in [0.1, 0.15) is 5.66 Å². The van der Waals surface area contributed by atoms with Gasteiger partial charge in [0.25, 0.3) is 5.91 Å². The summed E-state index contributed by atoms with van der Waals surface area (Å²) in [6.07, 6.45) is 5.34. The van der Waals surface area contributed by atoms with E-state index in [1.807, 2.05) is 34.1 Å². The van der Waals surface area contributed by atoms with Crippen molar-refractivity contribution in [1.82, 2.24) is 9.80 Å². The molecule has 3 aliphatic rings. The molecule has 5 heteroatoms. The topological polar surface area (TPSA) is 52.7 Å². The van der Waals surface area contributed by atoms with E-state index in [4.69, 9.17) is 0 Å². The lowest BCUT2D eigenvalue weighted by Gasteiger charge is -2.52. The molecule has 2 amide bonds. The van der Waals surface area contributed by atoms with E-state index >= 15 is 0 Å². The highest BCUT2D eigenvalue weighted by molar-refractivity contribution is 6.02. The molecule has 4 rings (SSSR count). The van der Waals surface area contributed by atoms with Gasteiger partial charge in [-0.15, -0.1) is 6.58 Å². The average molecular weight is 325 g/mol. The molecular formula is C19H23N3O2. The molecule has 0 aromatic heterocycles. The number of likely N-dealkylation sites (tertiary alicyclic amines) is 1. The molecule has 24 heavy (non-hydrogen) atoms. The van der Waals surface area contributed by atoms with Crippen molar-refractivity contribution < 1.29 is 9.59 Å². The number of nitrogens with one attached hydrogen (secondary N) is 1. The minimum absolute atomic E-state index is 0.0474. The summed E-state index contributed by atoms with van der Waals surface area (Å²) < 4.78 is 0. The van der Waals surface area contributed by atoms with E-state index in [0.717, 1.165) is 31.4 Å². The third-order valence-corrected chi connectivity index (χ3v) is 5.43. The van der Waals surface area contributed by atoms with Gasteiger partial charge in [-0.1, -0.05) is 18.2 Å². The quantitative estimate of drug-likeness (QED) is 0.869. The maximum atomic E-state index is 13.0. The number of carbonyl (C=O) groups excluding carboxylic acids is 2. The summed E-state index contributed by atoms with van der Waals surface area (Å²) in [5, 5.41) is 3.60. The molecule has 5 nitrogen and oxygen atoms in total. The average Bonchev–Trinajstić information content (AvgIpc) is 3.44. The molecule has 0 radical (unpaired) electrons. The van der Waals surface area contributed by atoms with Gasteiger partial charge >= 0.3 is 0 Å².